The van der Waals surface area contributed by atoms with Gasteiger partial charge in [-0.2, -0.15) is 0 Å². The van der Waals surface area contributed by atoms with Crippen LogP contribution >= 0.6 is 0 Å². The topological polar surface area (TPSA) is 52.2 Å². The molecular weight excluding hydrogens is 372 g/mol. The molecule has 0 aliphatic carbocycles. The highest BCUT2D eigenvalue weighted by atomic mass is 16.2. The van der Waals surface area contributed by atoms with E-state index in [0.717, 1.165) is 24.1 Å². The zero-order chi connectivity index (χ0) is 20.3. The van der Waals surface area contributed by atoms with E-state index < -0.39 is 0 Å². The lowest BCUT2D eigenvalue weighted by atomic mass is 9.96. The number of carbonyl (C=O) groups is 1. The average molecular weight is 396 g/mol. The van der Waals surface area contributed by atoms with E-state index in [4.69, 9.17) is 0 Å². The van der Waals surface area contributed by atoms with Gasteiger partial charge in [0.15, 0.2) is 5.82 Å². The van der Waals surface area contributed by atoms with E-state index in [1.165, 1.54) is 11.1 Å². The summed E-state index contributed by atoms with van der Waals surface area (Å²) in [5, 5.41) is 0. The van der Waals surface area contributed by atoms with Gasteiger partial charge in [-0.05, 0) is 23.3 Å². The van der Waals surface area contributed by atoms with Crippen LogP contribution in [-0.4, -0.2) is 51.9 Å². The molecule has 0 bridgehead atoms. The van der Waals surface area contributed by atoms with Crippen LogP contribution in [0.2, 0.25) is 0 Å². The van der Waals surface area contributed by atoms with Crippen LogP contribution in [0.1, 0.15) is 27.8 Å². The number of hydrogen-bond donors (Lipinski definition) is 1. The standard InChI is InChI=1S/C25H24N4O/c30-25(24-26-21-13-7-8-14-22(21)27-24)29-17-15-28(16-18-29)23(19-9-3-1-4-10-19)20-11-5-2-6-12-20/h1-14,23H,15-18H2,(H,26,27). The largest absolute Gasteiger partial charge is 0.334 e. The number of carbonyl (C=O) groups excluding carboxylic acids is 1. The lowest BCUT2D eigenvalue weighted by molar-refractivity contribution is 0.0587. The molecular formula is C25H24N4O. The van der Waals surface area contributed by atoms with Crippen LogP contribution in [0.15, 0.2) is 84.9 Å². The van der Waals surface area contributed by atoms with Crippen LogP contribution in [-0.2, 0) is 0 Å². The van der Waals surface area contributed by atoms with Gasteiger partial charge in [0, 0.05) is 26.2 Å². The molecule has 3 aromatic carbocycles. The number of rotatable bonds is 4. The second-order valence-corrected chi connectivity index (χ2v) is 7.65. The summed E-state index contributed by atoms with van der Waals surface area (Å²) in [6.07, 6.45) is 0. The van der Waals surface area contributed by atoms with Crippen LogP contribution in [0.4, 0.5) is 0 Å². The van der Waals surface area contributed by atoms with E-state index in [1.54, 1.807) is 0 Å². The van der Waals surface area contributed by atoms with E-state index in [9.17, 15) is 4.79 Å². The Morgan fingerprint density at radius 3 is 1.93 bits per heavy atom. The van der Waals surface area contributed by atoms with Gasteiger partial charge < -0.3 is 9.88 Å². The summed E-state index contributed by atoms with van der Waals surface area (Å²) < 4.78 is 0. The van der Waals surface area contributed by atoms with Gasteiger partial charge in [-0.1, -0.05) is 72.8 Å². The summed E-state index contributed by atoms with van der Waals surface area (Å²) in [6.45, 7) is 3.01. The lowest BCUT2D eigenvalue weighted by Crippen LogP contribution is -2.50. The molecule has 0 radical (unpaired) electrons. The van der Waals surface area contributed by atoms with Gasteiger partial charge in [-0.25, -0.2) is 4.98 Å². The Morgan fingerprint density at radius 1 is 0.767 bits per heavy atom. The molecule has 1 saturated heterocycles. The molecule has 1 amide bonds. The molecule has 5 rings (SSSR count). The van der Waals surface area contributed by atoms with Crippen molar-refractivity contribution in [3.63, 3.8) is 0 Å². The maximum Gasteiger partial charge on any atom is 0.289 e. The number of hydrogen-bond acceptors (Lipinski definition) is 3. The number of aromatic amines is 1. The Bertz CT molecular complexity index is 1060. The van der Waals surface area contributed by atoms with E-state index in [-0.39, 0.29) is 11.9 Å². The van der Waals surface area contributed by atoms with Gasteiger partial charge >= 0.3 is 0 Å². The first-order chi connectivity index (χ1) is 14.8. The third kappa shape index (κ3) is 3.60. The Labute approximate surface area is 176 Å². The number of nitrogens with one attached hydrogen (secondary N) is 1. The number of benzene rings is 3. The molecule has 4 aromatic rings. The Kier molecular flexibility index (Phi) is 5.03. The lowest BCUT2D eigenvalue weighted by Gasteiger charge is -2.39. The molecule has 5 heteroatoms. The predicted octanol–water partition coefficient (Wildman–Crippen LogP) is 4.11. The van der Waals surface area contributed by atoms with Crippen molar-refractivity contribution < 1.29 is 4.79 Å². The molecule has 0 saturated carbocycles. The number of imidazole rings is 1. The van der Waals surface area contributed by atoms with Crippen molar-refractivity contribution in [2.45, 2.75) is 6.04 Å². The van der Waals surface area contributed by atoms with Gasteiger partial charge in [0.2, 0.25) is 0 Å². The maximum atomic E-state index is 13.0. The average Bonchev–Trinajstić information content (AvgIpc) is 3.25. The molecule has 1 N–H and O–H groups in total. The van der Waals surface area contributed by atoms with E-state index in [0.29, 0.717) is 18.9 Å². The summed E-state index contributed by atoms with van der Waals surface area (Å²) in [5.41, 5.74) is 4.28. The summed E-state index contributed by atoms with van der Waals surface area (Å²) in [4.78, 5) is 25.0. The molecule has 5 nitrogen and oxygen atoms in total. The van der Waals surface area contributed by atoms with Crippen LogP contribution in [0, 0.1) is 0 Å². The SMILES string of the molecule is O=C(c1nc2ccccc2[nH]1)N1CCN(C(c2ccccc2)c2ccccc2)CC1. The van der Waals surface area contributed by atoms with Crippen LogP contribution in [0.5, 0.6) is 0 Å². The molecule has 1 aliphatic rings. The Balaban J connectivity index is 1.34. The number of para-hydroxylation sites is 2. The number of piperazine rings is 1. The molecule has 30 heavy (non-hydrogen) atoms. The van der Waals surface area contributed by atoms with E-state index in [1.807, 2.05) is 29.2 Å². The molecule has 0 unspecified atom stereocenters. The second-order valence-electron chi connectivity index (χ2n) is 7.65. The predicted molar refractivity (Wildman–Crippen MR) is 118 cm³/mol. The highest BCUT2D eigenvalue weighted by Gasteiger charge is 2.29. The van der Waals surface area contributed by atoms with E-state index in [2.05, 4.69) is 75.5 Å². The minimum atomic E-state index is -0.0261. The third-order valence-electron chi connectivity index (χ3n) is 5.79. The zero-order valence-electron chi connectivity index (χ0n) is 16.7. The molecule has 2 heterocycles. The fourth-order valence-corrected chi connectivity index (χ4v) is 4.27. The van der Waals surface area contributed by atoms with Crippen LogP contribution in [0.25, 0.3) is 11.0 Å². The Morgan fingerprint density at radius 2 is 1.33 bits per heavy atom. The number of fused-ring (bicyclic) bond motifs is 1. The first kappa shape index (κ1) is 18.6. The fourth-order valence-electron chi connectivity index (χ4n) is 4.27. The maximum absolute atomic E-state index is 13.0. The molecule has 0 spiro atoms. The quantitative estimate of drug-likeness (QED) is 0.565. The number of amides is 1. The number of nitrogens with zero attached hydrogens (tertiary/aromatic N) is 3. The molecule has 1 aromatic heterocycles. The number of aromatic nitrogens is 2. The third-order valence-corrected chi connectivity index (χ3v) is 5.79. The highest BCUT2D eigenvalue weighted by Crippen LogP contribution is 2.29. The summed E-state index contributed by atoms with van der Waals surface area (Å²) in [5.74, 6) is 0.397. The van der Waals surface area contributed by atoms with Gasteiger partial charge in [0.1, 0.15) is 0 Å². The van der Waals surface area contributed by atoms with Crippen molar-refractivity contribution in [3.8, 4) is 0 Å². The molecule has 0 atom stereocenters. The van der Waals surface area contributed by atoms with Gasteiger partial charge in [-0.15, -0.1) is 0 Å². The van der Waals surface area contributed by atoms with Crippen molar-refractivity contribution in [1.82, 2.24) is 19.8 Å². The first-order valence-electron chi connectivity index (χ1n) is 10.4. The van der Waals surface area contributed by atoms with Gasteiger partial charge in [0.05, 0.1) is 17.1 Å². The van der Waals surface area contributed by atoms with Crippen molar-refractivity contribution in [2.75, 3.05) is 26.2 Å². The number of H-pyrrole nitrogens is 1. The molecule has 1 fully saturated rings. The van der Waals surface area contributed by atoms with Gasteiger partial charge in [0.25, 0.3) is 5.91 Å². The summed E-state index contributed by atoms with van der Waals surface area (Å²) >= 11 is 0. The smallest absolute Gasteiger partial charge is 0.289 e. The zero-order valence-corrected chi connectivity index (χ0v) is 16.7. The van der Waals surface area contributed by atoms with E-state index >= 15 is 0 Å². The summed E-state index contributed by atoms with van der Waals surface area (Å²) in [6, 6.07) is 29.1. The monoisotopic (exact) mass is 396 g/mol. The van der Waals surface area contributed by atoms with Crippen LogP contribution < -0.4 is 0 Å². The van der Waals surface area contributed by atoms with Gasteiger partial charge in [-0.3, -0.25) is 9.69 Å². The summed E-state index contributed by atoms with van der Waals surface area (Å²) in [7, 11) is 0. The van der Waals surface area contributed by atoms with Crippen molar-refractivity contribution in [1.29, 1.82) is 0 Å². The Hall–Kier alpha value is -3.44. The first-order valence-corrected chi connectivity index (χ1v) is 10.4. The van der Waals surface area contributed by atoms with Crippen molar-refractivity contribution in [2.24, 2.45) is 0 Å². The second kappa shape index (κ2) is 8.13. The van der Waals surface area contributed by atoms with Crippen LogP contribution in [0.3, 0.4) is 0 Å². The highest BCUT2D eigenvalue weighted by molar-refractivity contribution is 5.94. The van der Waals surface area contributed by atoms with Crippen molar-refractivity contribution >= 4 is 16.9 Å². The van der Waals surface area contributed by atoms with Crippen molar-refractivity contribution in [3.05, 3.63) is 102 Å². The minimum Gasteiger partial charge on any atom is -0.334 e. The fraction of sp³-hybridized carbons (Fsp3) is 0.200. The molecule has 1 aliphatic heterocycles. The molecule has 150 valence electrons. The normalized spacial score (nSPS) is 15.0. The minimum absolute atomic E-state index is 0.0261.